The number of methoxy groups -OCH3 is 1. The van der Waals surface area contributed by atoms with Crippen LogP contribution in [0, 0.1) is 5.82 Å². The van der Waals surface area contributed by atoms with Gasteiger partial charge in [-0.2, -0.15) is 5.10 Å². The van der Waals surface area contributed by atoms with Gasteiger partial charge in [0.25, 0.3) is 0 Å². The molecule has 7 heteroatoms. The van der Waals surface area contributed by atoms with E-state index < -0.39 is 5.97 Å². The Balaban J connectivity index is 1.91. The summed E-state index contributed by atoms with van der Waals surface area (Å²) in [6, 6.07) is 14.4. The lowest BCUT2D eigenvalue weighted by atomic mass is 10.0. The molecule has 0 unspecified atom stereocenters. The molecule has 0 spiro atoms. The van der Waals surface area contributed by atoms with Crippen molar-refractivity contribution in [3.8, 4) is 28.3 Å². The highest BCUT2D eigenvalue weighted by atomic mass is 19.1. The molecule has 0 saturated heterocycles. The molecule has 0 aliphatic heterocycles. The Labute approximate surface area is 153 Å². The number of carboxylic acid groups (broad SMARTS) is 1. The van der Waals surface area contributed by atoms with Gasteiger partial charge >= 0.3 is 5.97 Å². The van der Waals surface area contributed by atoms with Crippen molar-refractivity contribution in [1.29, 1.82) is 0 Å². The number of pyridine rings is 1. The molecule has 2 aromatic carbocycles. The van der Waals surface area contributed by atoms with Crippen LogP contribution in [0.4, 0.5) is 4.39 Å². The van der Waals surface area contributed by atoms with Gasteiger partial charge < -0.3 is 9.84 Å². The molecule has 2 aromatic heterocycles. The number of nitrogens with one attached hydrogen (secondary N) is 1. The van der Waals surface area contributed by atoms with E-state index in [1.54, 1.807) is 31.4 Å². The number of aromatic carboxylic acids is 1. The van der Waals surface area contributed by atoms with Crippen molar-refractivity contribution in [2.24, 2.45) is 0 Å². The summed E-state index contributed by atoms with van der Waals surface area (Å²) in [4.78, 5) is 16.3. The summed E-state index contributed by atoms with van der Waals surface area (Å²) in [7, 11) is 1.57. The number of fused-ring (bicyclic) bond motifs is 1. The normalized spacial score (nSPS) is 10.9. The number of halogens is 1. The van der Waals surface area contributed by atoms with Gasteiger partial charge in [0.1, 0.15) is 11.6 Å². The molecule has 27 heavy (non-hydrogen) atoms. The second-order valence-electron chi connectivity index (χ2n) is 5.89. The SMILES string of the molecule is COc1ccc(-c2[nH]nc3nc(-c4ccc(F)cc4)cc(C(=O)O)c23)cc1. The number of aromatic nitrogens is 3. The zero-order chi connectivity index (χ0) is 19.0. The van der Waals surface area contributed by atoms with Crippen LogP contribution >= 0.6 is 0 Å². The van der Waals surface area contributed by atoms with Gasteiger partial charge in [-0.25, -0.2) is 14.2 Å². The number of benzene rings is 2. The maximum absolute atomic E-state index is 13.2. The van der Waals surface area contributed by atoms with Gasteiger partial charge in [-0.15, -0.1) is 0 Å². The van der Waals surface area contributed by atoms with Gasteiger partial charge in [0, 0.05) is 11.1 Å². The number of nitrogens with zero attached hydrogens (tertiary/aromatic N) is 2. The highest BCUT2D eigenvalue weighted by Gasteiger charge is 2.19. The Morgan fingerprint density at radius 1 is 1.07 bits per heavy atom. The third-order valence-corrected chi connectivity index (χ3v) is 4.27. The lowest BCUT2D eigenvalue weighted by Crippen LogP contribution is -2.00. The average molecular weight is 363 g/mol. The Morgan fingerprint density at radius 3 is 2.37 bits per heavy atom. The monoisotopic (exact) mass is 363 g/mol. The number of hydrogen-bond donors (Lipinski definition) is 2. The van der Waals surface area contributed by atoms with Crippen LogP contribution in [0.2, 0.25) is 0 Å². The first kappa shape index (κ1) is 16.7. The van der Waals surface area contributed by atoms with Crippen LogP contribution in [0.5, 0.6) is 5.75 Å². The number of aromatic amines is 1. The average Bonchev–Trinajstić information content (AvgIpc) is 3.11. The topological polar surface area (TPSA) is 88.1 Å². The summed E-state index contributed by atoms with van der Waals surface area (Å²) in [5, 5.41) is 17.2. The van der Waals surface area contributed by atoms with Gasteiger partial charge in [0.2, 0.25) is 0 Å². The maximum Gasteiger partial charge on any atom is 0.336 e. The Kier molecular flexibility index (Phi) is 4.04. The Hall–Kier alpha value is -3.74. The summed E-state index contributed by atoms with van der Waals surface area (Å²) in [6.45, 7) is 0. The fraction of sp³-hybridized carbons (Fsp3) is 0.0500. The first-order chi connectivity index (χ1) is 13.1. The zero-order valence-electron chi connectivity index (χ0n) is 14.2. The number of ether oxygens (including phenoxy) is 1. The molecule has 6 nitrogen and oxygen atoms in total. The minimum absolute atomic E-state index is 0.0684. The third kappa shape index (κ3) is 2.99. The number of carbonyl (C=O) groups is 1. The molecule has 0 fully saturated rings. The van der Waals surface area contributed by atoms with Crippen molar-refractivity contribution in [2.75, 3.05) is 7.11 Å². The first-order valence-electron chi connectivity index (χ1n) is 8.09. The van der Waals surface area contributed by atoms with Crippen LogP contribution in [0.3, 0.4) is 0 Å². The molecule has 0 bridgehead atoms. The first-order valence-corrected chi connectivity index (χ1v) is 8.09. The Morgan fingerprint density at radius 2 is 1.74 bits per heavy atom. The van der Waals surface area contributed by atoms with Gasteiger partial charge in [-0.3, -0.25) is 5.10 Å². The van der Waals surface area contributed by atoms with Crippen molar-refractivity contribution in [3.63, 3.8) is 0 Å². The van der Waals surface area contributed by atoms with Crippen molar-refractivity contribution >= 4 is 17.0 Å². The van der Waals surface area contributed by atoms with Crippen molar-refractivity contribution in [1.82, 2.24) is 15.2 Å². The summed E-state index contributed by atoms with van der Waals surface area (Å²) in [5.74, 6) is -0.778. The molecule has 2 N–H and O–H groups in total. The molecule has 0 saturated carbocycles. The molecule has 0 amide bonds. The molecule has 134 valence electrons. The van der Waals surface area contributed by atoms with Gasteiger partial charge in [-0.05, 0) is 54.6 Å². The molecular formula is C20H14FN3O3. The second kappa shape index (κ2) is 6.53. The third-order valence-electron chi connectivity index (χ3n) is 4.27. The molecule has 0 atom stereocenters. The minimum atomic E-state index is -1.10. The van der Waals surface area contributed by atoms with E-state index in [0.717, 1.165) is 5.56 Å². The summed E-state index contributed by atoms with van der Waals surface area (Å²) in [6.07, 6.45) is 0. The predicted octanol–water partition coefficient (Wildman–Crippen LogP) is 4.14. The molecule has 4 aromatic rings. The fourth-order valence-electron chi connectivity index (χ4n) is 2.93. The maximum atomic E-state index is 13.2. The van der Waals surface area contributed by atoms with Crippen LogP contribution < -0.4 is 4.74 Å². The quantitative estimate of drug-likeness (QED) is 0.569. The lowest BCUT2D eigenvalue weighted by molar-refractivity contribution is 0.0699. The van der Waals surface area contributed by atoms with E-state index in [1.807, 2.05) is 12.1 Å². The van der Waals surface area contributed by atoms with Gasteiger partial charge in [0.15, 0.2) is 5.65 Å². The zero-order valence-corrected chi connectivity index (χ0v) is 14.2. The number of H-pyrrole nitrogens is 1. The molecular weight excluding hydrogens is 349 g/mol. The molecule has 0 aliphatic carbocycles. The van der Waals surface area contributed by atoms with E-state index >= 15 is 0 Å². The molecule has 4 rings (SSSR count). The number of rotatable bonds is 4. The molecule has 2 heterocycles. The summed E-state index contributed by atoms with van der Waals surface area (Å²) < 4.78 is 18.3. The van der Waals surface area contributed by atoms with E-state index in [1.165, 1.54) is 18.2 Å². The number of hydrogen-bond acceptors (Lipinski definition) is 4. The van der Waals surface area contributed by atoms with Crippen molar-refractivity contribution in [2.45, 2.75) is 0 Å². The largest absolute Gasteiger partial charge is 0.497 e. The van der Waals surface area contributed by atoms with Crippen LogP contribution in [0.25, 0.3) is 33.5 Å². The van der Waals surface area contributed by atoms with E-state index in [9.17, 15) is 14.3 Å². The van der Waals surface area contributed by atoms with E-state index in [4.69, 9.17) is 4.74 Å². The van der Waals surface area contributed by atoms with Crippen LogP contribution in [0.15, 0.2) is 54.6 Å². The second-order valence-corrected chi connectivity index (χ2v) is 5.89. The van der Waals surface area contributed by atoms with E-state index in [2.05, 4.69) is 15.2 Å². The van der Waals surface area contributed by atoms with E-state index in [0.29, 0.717) is 28.1 Å². The summed E-state index contributed by atoms with van der Waals surface area (Å²) in [5.41, 5.74) is 2.68. The highest BCUT2D eigenvalue weighted by molar-refractivity contribution is 6.08. The lowest BCUT2D eigenvalue weighted by Gasteiger charge is -2.06. The van der Waals surface area contributed by atoms with Crippen LogP contribution in [0.1, 0.15) is 10.4 Å². The van der Waals surface area contributed by atoms with Crippen LogP contribution in [-0.4, -0.2) is 33.4 Å². The highest BCUT2D eigenvalue weighted by Crippen LogP contribution is 2.32. The standard InChI is InChI=1S/C20H14FN3O3/c1-27-14-8-4-12(5-9-14)18-17-15(20(25)26)10-16(22-19(17)24-23-18)11-2-6-13(21)7-3-11/h2-10H,1H3,(H,25,26)(H,22,23,24). The van der Waals surface area contributed by atoms with Gasteiger partial charge in [0.05, 0.1) is 29.4 Å². The molecule has 0 radical (unpaired) electrons. The fourth-order valence-corrected chi connectivity index (χ4v) is 2.93. The van der Waals surface area contributed by atoms with Gasteiger partial charge in [-0.1, -0.05) is 0 Å². The van der Waals surface area contributed by atoms with E-state index in [-0.39, 0.29) is 17.0 Å². The van der Waals surface area contributed by atoms with Crippen molar-refractivity contribution in [3.05, 3.63) is 66.0 Å². The van der Waals surface area contributed by atoms with Crippen molar-refractivity contribution < 1.29 is 19.0 Å². The smallest absolute Gasteiger partial charge is 0.336 e. The molecule has 0 aliphatic rings. The predicted molar refractivity (Wildman–Crippen MR) is 98.2 cm³/mol. The Bertz CT molecular complexity index is 1140. The minimum Gasteiger partial charge on any atom is -0.497 e. The number of carboxylic acids is 1. The summed E-state index contributed by atoms with van der Waals surface area (Å²) >= 11 is 0. The van der Waals surface area contributed by atoms with Crippen LogP contribution in [-0.2, 0) is 0 Å².